The first-order valence-corrected chi connectivity index (χ1v) is 7.64. The van der Waals surface area contributed by atoms with Gasteiger partial charge in [-0.25, -0.2) is 4.98 Å². The molecule has 7 heteroatoms. The number of nitrogens with one attached hydrogen (secondary N) is 1. The summed E-state index contributed by atoms with van der Waals surface area (Å²) in [6, 6.07) is 3.48. The first-order valence-electron chi connectivity index (χ1n) is 7.64. The van der Waals surface area contributed by atoms with Crippen LogP contribution in [-0.4, -0.2) is 51.4 Å². The molecule has 3 heterocycles. The van der Waals surface area contributed by atoms with Gasteiger partial charge in [0.05, 0.1) is 17.9 Å². The number of imidazole rings is 1. The molecule has 0 spiro atoms. The predicted octanol–water partition coefficient (Wildman–Crippen LogP) is 1.12. The van der Waals surface area contributed by atoms with E-state index in [0.29, 0.717) is 17.8 Å². The Morgan fingerprint density at radius 3 is 2.87 bits per heavy atom. The number of nitrogens with zero attached hydrogens (tertiary/aromatic N) is 4. The van der Waals surface area contributed by atoms with E-state index in [2.05, 4.69) is 15.3 Å². The number of hydrogen-bond donors (Lipinski definition) is 1. The molecule has 3 rings (SSSR count). The van der Waals surface area contributed by atoms with Crippen molar-refractivity contribution in [3.8, 4) is 0 Å². The fourth-order valence-electron chi connectivity index (χ4n) is 2.83. The zero-order valence-electron chi connectivity index (χ0n) is 13.0. The van der Waals surface area contributed by atoms with Crippen LogP contribution in [0.3, 0.4) is 0 Å². The van der Waals surface area contributed by atoms with Gasteiger partial charge in [-0.3, -0.25) is 14.6 Å². The third-order valence-corrected chi connectivity index (χ3v) is 4.10. The van der Waals surface area contributed by atoms with Crippen LogP contribution in [0.25, 0.3) is 0 Å². The highest BCUT2D eigenvalue weighted by molar-refractivity contribution is 5.96. The molecule has 2 aromatic rings. The van der Waals surface area contributed by atoms with Crippen molar-refractivity contribution in [2.24, 2.45) is 0 Å². The Morgan fingerprint density at radius 1 is 1.35 bits per heavy atom. The van der Waals surface area contributed by atoms with Gasteiger partial charge in [-0.15, -0.1) is 0 Å². The predicted molar refractivity (Wildman–Crippen MR) is 84.0 cm³/mol. The zero-order chi connectivity index (χ0) is 16.2. The van der Waals surface area contributed by atoms with Crippen LogP contribution >= 0.6 is 0 Å². The molecule has 0 radical (unpaired) electrons. The zero-order valence-corrected chi connectivity index (χ0v) is 13.0. The normalized spacial score (nSPS) is 17.8. The van der Waals surface area contributed by atoms with Gasteiger partial charge in [-0.1, -0.05) is 0 Å². The minimum Gasteiger partial charge on any atom is -0.354 e. The second-order valence-electron chi connectivity index (χ2n) is 5.57. The minimum absolute atomic E-state index is 0.0502. The molecular formula is C16H19N5O2. The summed E-state index contributed by atoms with van der Waals surface area (Å²) in [7, 11) is 1.55. The summed E-state index contributed by atoms with van der Waals surface area (Å²) in [5.74, 6) is -0.312. The van der Waals surface area contributed by atoms with E-state index >= 15 is 0 Å². The summed E-state index contributed by atoms with van der Waals surface area (Å²) < 4.78 is 2.05. The van der Waals surface area contributed by atoms with Gasteiger partial charge in [0.2, 0.25) is 0 Å². The monoisotopic (exact) mass is 313 g/mol. The quantitative estimate of drug-likeness (QED) is 0.920. The van der Waals surface area contributed by atoms with Crippen LogP contribution in [0, 0.1) is 0 Å². The second-order valence-corrected chi connectivity index (χ2v) is 5.57. The second kappa shape index (κ2) is 6.60. The van der Waals surface area contributed by atoms with Crippen LogP contribution in [0.1, 0.15) is 39.7 Å². The molecule has 1 aliphatic heterocycles. The third-order valence-electron chi connectivity index (χ3n) is 4.10. The standard InChI is InChI=1S/C16H19N5O2/c1-17-15(22)14-5-4-12(9-19-14)16(23)20-7-2-3-13(10-20)21-8-6-18-11-21/h4-6,8-9,11,13H,2-3,7,10H2,1H3,(H,17,22)/t13-/m0/s1. The Kier molecular flexibility index (Phi) is 4.36. The molecule has 1 aliphatic rings. The SMILES string of the molecule is CNC(=O)c1ccc(C(=O)N2CCC[C@H](n3ccnc3)C2)cn1. The number of carbonyl (C=O) groups excluding carboxylic acids is 2. The van der Waals surface area contributed by atoms with E-state index < -0.39 is 0 Å². The van der Waals surface area contributed by atoms with Gasteiger partial charge >= 0.3 is 0 Å². The molecule has 0 unspecified atom stereocenters. The first kappa shape index (κ1) is 15.2. The number of piperidine rings is 1. The van der Waals surface area contributed by atoms with E-state index in [1.165, 1.54) is 6.20 Å². The number of likely N-dealkylation sites (tertiary alicyclic amines) is 1. The molecule has 0 saturated carbocycles. The van der Waals surface area contributed by atoms with Crippen LogP contribution in [0.15, 0.2) is 37.1 Å². The Hall–Kier alpha value is -2.70. The van der Waals surface area contributed by atoms with Crippen LogP contribution < -0.4 is 5.32 Å². The number of aromatic nitrogens is 3. The maximum atomic E-state index is 12.6. The molecule has 0 aliphatic carbocycles. The smallest absolute Gasteiger partial charge is 0.269 e. The summed E-state index contributed by atoms with van der Waals surface area (Å²) in [5.41, 5.74) is 0.808. The lowest BCUT2D eigenvalue weighted by Crippen LogP contribution is -2.40. The van der Waals surface area contributed by atoms with Gasteiger partial charge in [-0.05, 0) is 25.0 Å². The van der Waals surface area contributed by atoms with E-state index in [4.69, 9.17) is 0 Å². The lowest BCUT2D eigenvalue weighted by Gasteiger charge is -2.33. The Morgan fingerprint density at radius 2 is 2.22 bits per heavy atom. The molecule has 0 bridgehead atoms. The van der Waals surface area contributed by atoms with E-state index in [1.807, 2.05) is 15.7 Å². The van der Waals surface area contributed by atoms with E-state index in [1.54, 1.807) is 31.7 Å². The van der Waals surface area contributed by atoms with Crippen molar-refractivity contribution < 1.29 is 9.59 Å². The maximum absolute atomic E-state index is 12.6. The molecule has 1 saturated heterocycles. The molecule has 1 fully saturated rings. The first-order chi connectivity index (χ1) is 11.2. The molecular weight excluding hydrogens is 294 g/mol. The highest BCUT2D eigenvalue weighted by atomic mass is 16.2. The number of hydrogen-bond acceptors (Lipinski definition) is 4. The van der Waals surface area contributed by atoms with Crippen molar-refractivity contribution in [2.75, 3.05) is 20.1 Å². The molecule has 1 atom stereocenters. The van der Waals surface area contributed by atoms with Crippen LogP contribution in [0.5, 0.6) is 0 Å². The molecule has 0 aromatic carbocycles. The summed E-state index contributed by atoms with van der Waals surface area (Å²) >= 11 is 0. The number of pyridine rings is 1. The van der Waals surface area contributed by atoms with Crippen molar-refractivity contribution in [3.63, 3.8) is 0 Å². The Balaban J connectivity index is 1.71. The Bertz CT molecular complexity index is 681. The van der Waals surface area contributed by atoms with E-state index in [9.17, 15) is 9.59 Å². The largest absolute Gasteiger partial charge is 0.354 e. The highest BCUT2D eigenvalue weighted by Gasteiger charge is 2.25. The number of amides is 2. The molecule has 2 amide bonds. The summed E-state index contributed by atoms with van der Waals surface area (Å²) in [6.07, 6.45) is 8.93. The van der Waals surface area contributed by atoms with Crippen LogP contribution in [0.4, 0.5) is 0 Å². The maximum Gasteiger partial charge on any atom is 0.269 e. The van der Waals surface area contributed by atoms with Crippen molar-refractivity contribution in [1.82, 2.24) is 24.8 Å². The van der Waals surface area contributed by atoms with Crippen LogP contribution in [-0.2, 0) is 0 Å². The number of rotatable bonds is 3. The molecule has 23 heavy (non-hydrogen) atoms. The molecule has 120 valence electrons. The lowest BCUT2D eigenvalue weighted by atomic mass is 10.0. The van der Waals surface area contributed by atoms with Crippen molar-refractivity contribution in [3.05, 3.63) is 48.3 Å². The summed E-state index contributed by atoms with van der Waals surface area (Å²) in [5, 5.41) is 2.51. The minimum atomic E-state index is -0.262. The van der Waals surface area contributed by atoms with Crippen molar-refractivity contribution in [1.29, 1.82) is 0 Å². The van der Waals surface area contributed by atoms with Gasteiger partial charge in [-0.2, -0.15) is 0 Å². The van der Waals surface area contributed by atoms with Gasteiger partial charge in [0.1, 0.15) is 5.69 Å². The fourth-order valence-corrected chi connectivity index (χ4v) is 2.83. The summed E-state index contributed by atoms with van der Waals surface area (Å²) in [6.45, 7) is 1.40. The van der Waals surface area contributed by atoms with Gasteiger partial charge in [0.25, 0.3) is 11.8 Å². The van der Waals surface area contributed by atoms with Gasteiger partial charge in [0, 0.05) is 38.7 Å². The van der Waals surface area contributed by atoms with E-state index in [-0.39, 0.29) is 17.9 Å². The fraction of sp³-hybridized carbons (Fsp3) is 0.375. The molecule has 7 nitrogen and oxygen atoms in total. The average molecular weight is 313 g/mol. The van der Waals surface area contributed by atoms with Crippen molar-refractivity contribution >= 4 is 11.8 Å². The molecule has 1 N–H and O–H groups in total. The van der Waals surface area contributed by atoms with Gasteiger partial charge in [0.15, 0.2) is 0 Å². The molecule has 2 aromatic heterocycles. The van der Waals surface area contributed by atoms with E-state index in [0.717, 1.165) is 19.4 Å². The summed E-state index contributed by atoms with van der Waals surface area (Å²) in [4.78, 5) is 34.1. The lowest BCUT2D eigenvalue weighted by molar-refractivity contribution is 0.0678. The highest BCUT2D eigenvalue weighted by Crippen LogP contribution is 2.22. The topological polar surface area (TPSA) is 80.1 Å². The van der Waals surface area contributed by atoms with Crippen molar-refractivity contribution in [2.45, 2.75) is 18.9 Å². The van der Waals surface area contributed by atoms with Crippen LogP contribution in [0.2, 0.25) is 0 Å². The van der Waals surface area contributed by atoms with Gasteiger partial charge < -0.3 is 14.8 Å². The third kappa shape index (κ3) is 3.23. The average Bonchev–Trinajstić information content (AvgIpc) is 3.15. The number of carbonyl (C=O) groups is 2. The Labute approximate surface area is 134 Å².